The Balaban J connectivity index is 1.24. The number of imide groups is 2. The van der Waals surface area contributed by atoms with Gasteiger partial charge in [-0.05, 0) is 43.0 Å². The fourth-order valence-electron chi connectivity index (χ4n) is 5.21. The summed E-state index contributed by atoms with van der Waals surface area (Å²) in [5.41, 5.74) is 1.28. The molecule has 1 fully saturated rings. The summed E-state index contributed by atoms with van der Waals surface area (Å²) in [6.07, 6.45) is 1.05. The van der Waals surface area contributed by atoms with Crippen LogP contribution in [0.4, 0.5) is 8.78 Å². The Labute approximate surface area is 220 Å². The molecule has 0 aliphatic carbocycles. The van der Waals surface area contributed by atoms with E-state index in [0.717, 1.165) is 4.90 Å². The molecule has 3 aromatic rings. The maximum absolute atomic E-state index is 15.4. The Morgan fingerprint density at radius 1 is 0.974 bits per heavy atom. The molecule has 3 aliphatic rings. The smallest absolute Gasteiger partial charge is 0.278 e. The van der Waals surface area contributed by atoms with Gasteiger partial charge in [-0.3, -0.25) is 29.4 Å². The minimum atomic E-state index is -1.05. The SMILES string of the molecule is O=C1CCC(N2C(=O)C3=C(C2=O)N(Cc2nc(-c4cccc(-c5ccc(F)cc5)c4F)no2)CCC3)C(=O)N1. The molecule has 0 spiro atoms. The average molecular weight is 533 g/mol. The molecule has 4 heterocycles. The van der Waals surface area contributed by atoms with Gasteiger partial charge < -0.3 is 9.42 Å². The lowest BCUT2D eigenvalue weighted by molar-refractivity contribution is -0.150. The number of carbonyl (C=O) groups excluding carboxylic acids is 4. The third kappa shape index (κ3) is 4.27. The van der Waals surface area contributed by atoms with Gasteiger partial charge in [0.05, 0.1) is 12.1 Å². The second kappa shape index (κ2) is 9.53. The van der Waals surface area contributed by atoms with Crippen molar-refractivity contribution >= 4 is 23.6 Å². The van der Waals surface area contributed by atoms with Crippen LogP contribution in [0.25, 0.3) is 22.5 Å². The van der Waals surface area contributed by atoms with Crippen molar-refractivity contribution in [3.05, 3.63) is 71.3 Å². The molecule has 1 atom stereocenters. The first-order chi connectivity index (χ1) is 18.8. The van der Waals surface area contributed by atoms with E-state index in [0.29, 0.717) is 30.5 Å². The molecule has 39 heavy (non-hydrogen) atoms. The van der Waals surface area contributed by atoms with Crippen molar-refractivity contribution in [2.75, 3.05) is 6.54 Å². The first kappa shape index (κ1) is 24.6. The molecule has 1 unspecified atom stereocenters. The van der Waals surface area contributed by atoms with Crippen molar-refractivity contribution in [1.82, 2.24) is 25.3 Å². The van der Waals surface area contributed by atoms with Crippen molar-refractivity contribution in [2.45, 2.75) is 38.3 Å². The molecule has 12 heteroatoms. The zero-order chi connectivity index (χ0) is 27.3. The van der Waals surface area contributed by atoms with Crippen molar-refractivity contribution in [2.24, 2.45) is 0 Å². The first-order valence-corrected chi connectivity index (χ1v) is 12.4. The number of amides is 4. The van der Waals surface area contributed by atoms with Gasteiger partial charge in [0.25, 0.3) is 11.8 Å². The number of nitrogens with one attached hydrogen (secondary N) is 1. The van der Waals surface area contributed by atoms with Gasteiger partial charge in [-0.2, -0.15) is 4.98 Å². The largest absolute Gasteiger partial charge is 0.357 e. The molecule has 1 saturated heterocycles. The van der Waals surface area contributed by atoms with Crippen LogP contribution in [0.15, 0.2) is 58.3 Å². The average Bonchev–Trinajstić information content (AvgIpc) is 3.48. The van der Waals surface area contributed by atoms with Gasteiger partial charge in [-0.25, -0.2) is 8.78 Å². The third-order valence-corrected chi connectivity index (χ3v) is 7.07. The van der Waals surface area contributed by atoms with Crippen LogP contribution in [-0.4, -0.2) is 56.2 Å². The van der Waals surface area contributed by atoms with E-state index < -0.39 is 41.3 Å². The lowest BCUT2D eigenvalue weighted by Gasteiger charge is -2.29. The van der Waals surface area contributed by atoms with Gasteiger partial charge in [0, 0.05) is 24.1 Å². The van der Waals surface area contributed by atoms with Crippen LogP contribution in [0.3, 0.4) is 0 Å². The molecule has 1 N–H and O–H groups in total. The molecule has 4 amide bonds. The molecule has 10 nitrogen and oxygen atoms in total. The van der Waals surface area contributed by atoms with E-state index in [4.69, 9.17) is 4.52 Å². The van der Waals surface area contributed by atoms with Gasteiger partial charge in [0.15, 0.2) is 0 Å². The number of benzene rings is 2. The monoisotopic (exact) mass is 533 g/mol. The Morgan fingerprint density at radius 2 is 1.74 bits per heavy atom. The summed E-state index contributed by atoms with van der Waals surface area (Å²) < 4.78 is 34.1. The lowest BCUT2D eigenvalue weighted by atomic mass is 10.0. The Hall–Kier alpha value is -4.74. The fourth-order valence-corrected chi connectivity index (χ4v) is 5.21. The molecule has 0 bridgehead atoms. The summed E-state index contributed by atoms with van der Waals surface area (Å²) >= 11 is 0. The highest BCUT2D eigenvalue weighted by atomic mass is 19.1. The van der Waals surface area contributed by atoms with E-state index in [1.807, 2.05) is 0 Å². The summed E-state index contributed by atoms with van der Waals surface area (Å²) in [6, 6.07) is 9.05. The second-order valence-corrected chi connectivity index (χ2v) is 9.49. The van der Waals surface area contributed by atoms with Crippen LogP contribution in [0.1, 0.15) is 31.6 Å². The number of hydrogen-bond donors (Lipinski definition) is 1. The van der Waals surface area contributed by atoms with Crippen LogP contribution >= 0.6 is 0 Å². The molecule has 198 valence electrons. The van der Waals surface area contributed by atoms with E-state index in [2.05, 4.69) is 15.5 Å². The van der Waals surface area contributed by atoms with E-state index in [-0.39, 0.29) is 47.9 Å². The number of carbonyl (C=O) groups is 4. The summed E-state index contributed by atoms with van der Waals surface area (Å²) in [5.74, 6) is -3.20. The molecular weight excluding hydrogens is 512 g/mol. The van der Waals surface area contributed by atoms with E-state index >= 15 is 4.39 Å². The first-order valence-electron chi connectivity index (χ1n) is 12.4. The van der Waals surface area contributed by atoms with Crippen LogP contribution in [0.2, 0.25) is 0 Å². The summed E-state index contributed by atoms with van der Waals surface area (Å²) in [6.45, 7) is 0.417. The number of halogens is 2. The van der Waals surface area contributed by atoms with Gasteiger partial charge in [-0.1, -0.05) is 29.4 Å². The van der Waals surface area contributed by atoms with E-state index in [1.54, 1.807) is 17.0 Å². The predicted octanol–water partition coefficient (Wildman–Crippen LogP) is 2.71. The number of rotatable bonds is 5. The summed E-state index contributed by atoms with van der Waals surface area (Å²) in [7, 11) is 0. The highest BCUT2D eigenvalue weighted by molar-refractivity contribution is 6.21. The van der Waals surface area contributed by atoms with Crippen LogP contribution in [0, 0.1) is 11.6 Å². The van der Waals surface area contributed by atoms with Gasteiger partial charge in [0.1, 0.15) is 23.4 Å². The van der Waals surface area contributed by atoms with Crippen molar-refractivity contribution < 1.29 is 32.5 Å². The van der Waals surface area contributed by atoms with Crippen molar-refractivity contribution in [1.29, 1.82) is 0 Å². The summed E-state index contributed by atoms with van der Waals surface area (Å²) in [5, 5.41) is 6.09. The van der Waals surface area contributed by atoms with E-state index in [1.165, 1.54) is 30.3 Å². The quantitative estimate of drug-likeness (QED) is 0.497. The van der Waals surface area contributed by atoms with Crippen LogP contribution < -0.4 is 5.32 Å². The predicted molar refractivity (Wildman–Crippen MR) is 130 cm³/mol. The lowest BCUT2D eigenvalue weighted by Crippen LogP contribution is -2.55. The minimum Gasteiger partial charge on any atom is -0.357 e. The van der Waals surface area contributed by atoms with Crippen molar-refractivity contribution in [3.8, 4) is 22.5 Å². The zero-order valence-electron chi connectivity index (χ0n) is 20.4. The Bertz CT molecular complexity index is 1560. The molecule has 0 saturated carbocycles. The number of aromatic nitrogens is 2. The molecular formula is C27H21F2N5O5. The summed E-state index contributed by atoms with van der Waals surface area (Å²) in [4.78, 5) is 57.2. The Morgan fingerprint density at radius 3 is 2.51 bits per heavy atom. The minimum absolute atomic E-state index is 0.00308. The van der Waals surface area contributed by atoms with Gasteiger partial charge in [-0.15, -0.1) is 0 Å². The van der Waals surface area contributed by atoms with E-state index in [9.17, 15) is 23.6 Å². The van der Waals surface area contributed by atoms with Crippen LogP contribution in [0.5, 0.6) is 0 Å². The number of nitrogens with zero attached hydrogens (tertiary/aromatic N) is 4. The second-order valence-electron chi connectivity index (χ2n) is 9.49. The standard InChI is InChI=1S/C27H21F2N5O5/c28-15-8-6-14(7-9-15)16-3-1-4-17(22(16)29)24-31-21(39-32-24)13-33-12-2-5-18-23(33)27(38)34(26(18)37)19-10-11-20(35)30-25(19)36/h1,3-4,6-9,19H,2,5,10-13H2,(H,30,35,36). The maximum atomic E-state index is 15.4. The zero-order valence-corrected chi connectivity index (χ0v) is 20.4. The van der Waals surface area contributed by atoms with Crippen molar-refractivity contribution in [3.63, 3.8) is 0 Å². The number of hydrogen-bond acceptors (Lipinski definition) is 8. The molecule has 0 radical (unpaired) electrons. The third-order valence-electron chi connectivity index (χ3n) is 7.07. The highest BCUT2D eigenvalue weighted by Crippen LogP contribution is 2.35. The molecule has 3 aliphatic heterocycles. The fraction of sp³-hybridized carbons (Fsp3) is 0.259. The van der Waals surface area contributed by atoms with Gasteiger partial charge >= 0.3 is 0 Å². The normalized spacial score (nSPS) is 19.6. The molecule has 1 aromatic heterocycles. The number of piperidine rings is 1. The Kier molecular flexibility index (Phi) is 6.01. The molecule has 6 rings (SSSR count). The van der Waals surface area contributed by atoms with Crippen LogP contribution in [-0.2, 0) is 25.7 Å². The molecule has 2 aromatic carbocycles. The highest BCUT2D eigenvalue weighted by Gasteiger charge is 2.48. The topological polar surface area (TPSA) is 126 Å². The van der Waals surface area contributed by atoms with Gasteiger partial charge in [0.2, 0.25) is 23.5 Å². The maximum Gasteiger partial charge on any atom is 0.278 e.